The minimum absolute atomic E-state index is 0.203. The van der Waals surface area contributed by atoms with Crippen LogP contribution in [0.25, 0.3) is 0 Å². The summed E-state index contributed by atoms with van der Waals surface area (Å²) in [5.41, 5.74) is 5.77. The summed E-state index contributed by atoms with van der Waals surface area (Å²) in [7, 11) is 0. The summed E-state index contributed by atoms with van der Waals surface area (Å²) in [6.45, 7) is 0. The van der Waals surface area contributed by atoms with Crippen LogP contribution in [0.2, 0.25) is 0 Å². The van der Waals surface area contributed by atoms with Crippen molar-refractivity contribution in [3.8, 4) is 0 Å². The van der Waals surface area contributed by atoms with E-state index in [-0.39, 0.29) is 12.3 Å². The Kier molecular flexibility index (Phi) is 7.03. The van der Waals surface area contributed by atoms with Crippen LogP contribution in [0.1, 0.15) is 12.8 Å². The Morgan fingerprint density at radius 3 is 2.80 bits per heavy atom. The van der Waals surface area contributed by atoms with Gasteiger partial charge in [0.25, 0.3) is 0 Å². The molecule has 20 heavy (non-hydrogen) atoms. The monoisotopic (exact) mass is 300 g/mol. The lowest BCUT2D eigenvalue weighted by Gasteiger charge is -2.07. The molecule has 1 aromatic rings. The Balaban J connectivity index is 2.16. The molecule has 1 atom stereocenters. The maximum Gasteiger partial charge on any atom is 0.320 e. The Labute approximate surface area is 120 Å². The largest absolute Gasteiger partial charge is 0.480 e. The molecule has 0 heterocycles. The standard InChI is InChI=1S/C13H17FN2O3S/c14-9-2-1-3-10(8-9)16-12(17)5-7-20-6-4-11(15)13(18)19/h1-3,8,11H,4-7,15H2,(H,16,17)(H,18,19). The first-order valence-electron chi connectivity index (χ1n) is 6.10. The topological polar surface area (TPSA) is 92.4 Å². The van der Waals surface area contributed by atoms with Crippen molar-refractivity contribution < 1.29 is 19.1 Å². The molecular formula is C13H17FN2O3S. The fourth-order valence-electron chi connectivity index (χ4n) is 1.39. The molecule has 1 rings (SSSR count). The molecule has 4 N–H and O–H groups in total. The summed E-state index contributed by atoms with van der Waals surface area (Å²) in [5, 5.41) is 11.2. The molecule has 5 nitrogen and oxygen atoms in total. The van der Waals surface area contributed by atoms with Gasteiger partial charge in [0, 0.05) is 17.9 Å². The molecule has 0 radical (unpaired) electrons. The second kappa shape index (κ2) is 8.55. The van der Waals surface area contributed by atoms with Crippen LogP contribution < -0.4 is 11.1 Å². The normalized spacial score (nSPS) is 11.9. The van der Waals surface area contributed by atoms with Gasteiger partial charge >= 0.3 is 5.97 Å². The molecule has 7 heteroatoms. The Hall–Kier alpha value is -1.60. The number of hydrogen-bond donors (Lipinski definition) is 3. The summed E-state index contributed by atoms with van der Waals surface area (Å²) < 4.78 is 12.9. The van der Waals surface area contributed by atoms with Gasteiger partial charge in [0.1, 0.15) is 11.9 Å². The van der Waals surface area contributed by atoms with Gasteiger partial charge in [0.2, 0.25) is 5.91 Å². The van der Waals surface area contributed by atoms with Crippen LogP contribution in [0.3, 0.4) is 0 Å². The number of amides is 1. The number of nitrogens with one attached hydrogen (secondary N) is 1. The highest BCUT2D eigenvalue weighted by Crippen LogP contribution is 2.11. The highest BCUT2D eigenvalue weighted by Gasteiger charge is 2.10. The summed E-state index contributed by atoms with van der Waals surface area (Å²) in [5.74, 6) is -0.478. The second-order valence-corrected chi connectivity index (χ2v) is 5.38. The van der Waals surface area contributed by atoms with E-state index >= 15 is 0 Å². The van der Waals surface area contributed by atoms with Gasteiger partial charge in [-0.05, 0) is 30.4 Å². The van der Waals surface area contributed by atoms with Crippen molar-refractivity contribution in [2.75, 3.05) is 16.8 Å². The fraction of sp³-hybridized carbons (Fsp3) is 0.385. The first-order valence-corrected chi connectivity index (χ1v) is 7.26. The van der Waals surface area contributed by atoms with E-state index < -0.39 is 17.8 Å². The molecule has 110 valence electrons. The lowest BCUT2D eigenvalue weighted by molar-refractivity contribution is -0.138. The minimum Gasteiger partial charge on any atom is -0.480 e. The number of halogens is 1. The first kappa shape index (κ1) is 16.5. The maximum absolute atomic E-state index is 12.9. The number of carbonyl (C=O) groups is 2. The number of carbonyl (C=O) groups excluding carboxylic acids is 1. The molecule has 1 aromatic carbocycles. The molecule has 0 aliphatic heterocycles. The van der Waals surface area contributed by atoms with Crippen LogP contribution in [-0.2, 0) is 9.59 Å². The zero-order valence-corrected chi connectivity index (χ0v) is 11.7. The minimum atomic E-state index is -1.02. The third kappa shape index (κ3) is 6.53. The highest BCUT2D eigenvalue weighted by molar-refractivity contribution is 7.99. The van der Waals surface area contributed by atoms with E-state index in [0.29, 0.717) is 23.6 Å². The van der Waals surface area contributed by atoms with Gasteiger partial charge in [-0.3, -0.25) is 9.59 Å². The molecule has 1 amide bonds. The quantitative estimate of drug-likeness (QED) is 0.635. The van der Waals surface area contributed by atoms with Crippen molar-refractivity contribution in [1.82, 2.24) is 0 Å². The lowest BCUT2D eigenvalue weighted by atomic mass is 10.2. The second-order valence-electron chi connectivity index (χ2n) is 4.15. The summed E-state index contributed by atoms with van der Waals surface area (Å²) in [4.78, 5) is 22.0. The van der Waals surface area contributed by atoms with E-state index in [4.69, 9.17) is 10.8 Å². The fourth-order valence-corrected chi connectivity index (χ4v) is 2.34. The molecule has 0 spiro atoms. The number of rotatable bonds is 8. The molecular weight excluding hydrogens is 283 g/mol. The average molecular weight is 300 g/mol. The smallest absolute Gasteiger partial charge is 0.320 e. The SMILES string of the molecule is NC(CCSCCC(=O)Nc1cccc(F)c1)C(=O)O. The molecule has 0 aliphatic rings. The van der Waals surface area contributed by atoms with Gasteiger partial charge in [0.15, 0.2) is 0 Å². The van der Waals surface area contributed by atoms with Crippen LogP contribution in [0.4, 0.5) is 10.1 Å². The van der Waals surface area contributed by atoms with Crippen molar-refractivity contribution in [2.24, 2.45) is 5.73 Å². The molecule has 1 unspecified atom stereocenters. The van der Waals surface area contributed by atoms with Crippen molar-refractivity contribution in [3.05, 3.63) is 30.1 Å². The Bertz CT molecular complexity index is 471. The zero-order chi connectivity index (χ0) is 15.0. The average Bonchev–Trinajstić information content (AvgIpc) is 2.37. The number of nitrogens with two attached hydrogens (primary N) is 1. The number of thioether (sulfide) groups is 1. The Morgan fingerprint density at radius 2 is 2.15 bits per heavy atom. The van der Waals surface area contributed by atoms with Crippen LogP contribution >= 0.6 is 11.8 Å². The number of carboxylic acids is 1. The predicted octanol–water partition coefficient (Wildman–Crippen LogP) is 1.69. The maximum atomic E-state index is 12.9. The van der Waals surface area contributed by atoms with Gasteiger partial charge in [-0.25, -0.2) is 4.39 Å². The number of benzene rings is 1. The zero-order valence-electron chi connectivity index (χ0n) is 10.8. The van der Waals surface area contributed by atoms with Crippen LogP contribution in [0.15, 0.2) is 24.3 Å². The third-order valence-corrected chi connectivity index (χ3v) is 3.49. The van der Waals surface area contributed by atoms with Crippen LogP contribution in [0.5, 0.6) is 0 Å². The van der Waals surface area contributed by atoms with Crippen LogP contribution in [-0.4, -0.2) is 34.5 Å². The summed E-state index contributed by atoms with van der Waals surface area (Å²) >= 11 is 1.46. The van der Waals surface area contributed by atoms with Crippen molar-refractivity contribution in [3.63, 3.8) is 0 Å². The molecule has 0 bridgehead atoms. The van der Waals surface area contributed by atoms with E-state index in [1.807, 2.05) is 0 Å². The van der Waals surface area contributed by atoms with Gasteiger partial charge in [-0.2, -0.15) is 11.8 Å². The highest BCUT2D eigenvalue weighted by atomic mass is 32.2. The number of anilines is 1. The van der Waals surface area contributed by atoms with E-state index in [9.17, 15) is 14.0 Å². The van der Waals surface area contributed by atoms with Crippen molar-refractivity contribution in [2.45, 2.75) is 18.9 Å². The number of hydrogen-bond acceptors (Lipinski definition) is 4. The molecule has 0 fully saturated rings. The van der Waals surface area contributed by atoms with Crippen molar-refractivity contribution in [1.29, 1.82) is 0 Å². The van der Waals surface area contributed by atoms with Gasteiger partial charge in [-0.1, -0.05) is 6.07 Å². The van der Waals surface area contributed by atoms with E-state index in [0.717, 1.165) is 0 Å². The van der Waals surface area contributed by atoms with E-state index in [1.165, 1.54) is 30.0 Å². The number of aliphatic carboxylic acids is 1. The molecule has 0 aliphatic carbocycles. The van der Waals surface area contributed by atoms with E-state index in [2.05, 4.69) is 5.32 Å². The Morgan fingerprint density at radius 1 is 1.40 bits per heavy atom. The van der Waals surface area contributed by atoms with Crippen LogP contribution in [0, 0.1) is 5.82 Å². The summed E-state index contributed by atoms with van der Waals surface area (Å²) in [6.07, 6.45) is 0.648. The van der Waals surface area contributed by atoms with E-state index in [1.54, 1.807) is 6.07 Å². The molecule has 0 saturated heterocycles. The number of carboxylic acid groups (broad SMARTS) is 1. The first-order chi connectivity index (χ1) is 9.49. The van der Waals surface area contributed by atoms with Gasteiger partial charge in [-0.15, -0.1) is 0 Å². The van der Waals surface area contributed by atoms with Gasteiger partial charge in [0.05, 0.1) is 0 Å². The third-order valence-electron chi connectivity index (χ3n) is 2.47. The lowest BCUT2D eigenvalue weighted by Crippen LogP contribution is -2.30. The molecule has 0 saturated carbocycles. The van der Waals surface area contributed by atoms with Crippen molar-refractivity contribution >= 4 is 29.3 Å². The summed E-state index contributed by atoms with van der Waals surface area (Å²) in [6, 6.07) is 4.82. The predicted molar refractivity (Wildman–Crippen MR) is 77.2 cm³/mol. The molecule has 0 aromatic heterocycles. The van der Waals surface area contributed by atoms with Gasteiger partial charge < -0.3 is 16.2 Å².